The van der Waals surface area contributed by atoms with Crippen LogP contribution in [0.25, 0.3) is 0 Å². The van der Waals surface area contributed by atoms with Crippen LogP contribution in [0, 0.1) is 0 Å². The van der Waals surface area contributed by atoms with Crippen molar-refractivity contribution in [3.63, 3.8) is 0 Å². The van der Waals surface area contributed by atoms with Crippen LogP contribution in [0.3, 0.4) is 0 Å². The van der Waals surface area contributed by atoms with Gasteiger partial charge in [0.15, 0.2) is 0 Å². The maximum absolute atomic E-state index is 10.7. The molecule has 1 unspecified atom stereocenters. The molecule has 1 atom stereocenters. The van der Waals surface area contributed by atoms with Crippen molar-refractivity contribution in [3.05, 3.63) is 0 Å². The minimum atomic E-state index is -10.7. The Kier molecular flexibility index (Phi) is 26.8. The van der Waals surface area contributed by atoms with Crippen LogP contribution in [-0.4, -0.2) is 0 Å². The third-order valence-electron chi connectivity index (χ3n) is 0. The summed E-state index contributed by atoms with van der Waals surface area (Å²) < 4.78 is 59.2. The van der Waals surface area contributed by atoms with Crippen LogP contribution < -0.4 is 23.6 Å². The van der Waals surface area contributed by atoms with Crippen LogP contribution in [0.1, 0.15) is 1.43 Å². The Morgan fingerprint density at radius 1 is 0.692 bits per heavy atom. The van der Waals surface area contributed by atoms with E-state index in [1.165, 1.54) is 0 Å². The minimum Gasteiger partial charge on any atom is -1.00 e. The van der Waals surface area contributed by atoms with E-state index in [-0.39, 0.29) is 49.0 Å². The van der Waals surface area contributed by atoms with Gasteiger partial charge in [0.25, 0.3) is 0 Å². The topological polar surface area (TPSA) is 0 Å². The average Bonchev–Trinajstić information content (AvgIpc) is 0.592. The maximum Gasteiger partial charge on any atom is 1.00 e. The Bertz CT molecular complexity index is 76.7. The molecule has 0 aliphatic carbocycles. The molecule has 0 bridgehead atoms. The van der Waals surface area contributed by atoms with E-state index in [2.05, 4.69) is 0 Å². The third kappa shape index (κ3) is 2570. The second-order valence-corrected chi connectivity index (χ2v) is 2.87. The van der Waals surface area contributed by atoms with E-state index in [1.54, 1.807) is 0 Å². The van der Waals surface area contributed by atoms with Crippen LogP contribution in [-0.2, 0) is 0 Å². The van der Waals surface area contributed by atoms with Gasteiger partial charge in [0.2, 0.25) is 0 Å². The molecule has 0 aromatic rings. The van der Waals surface area contributed by atoms with Crippen molar-refractivity contribution in [3.8, 4) is 0 Å². The predicted molar refractivity (Wildman–Crippen MR) is 33.3 cm³/mol. The van der Waals surface area contributed by atoms with Gasteiger partial charge in [-0.15, -0.1) is 0 Å². The van der Waals surface area contributed by atoms with Crippen LogP contribution in [0.15, 0.2) is 0 Å². The summed E-state index contributed by atoms with van der Waals surface area (Å²) in [5.41, 5.74) is 0. The first-order valence-electron chi connectivity index (χ1n) is 1.01. The monoisotopic (exact) mass is 266 g/mol. The van der Waals surface area contributed by atoms with Crippen molar-refractivity contribution in [1.82, 2.24) is 0 Å². The molecule has 13 heteroatoms. The van der Waals surface area contributed by atoms with Gasteiger partial charge in [-0.2, -0.15) is 9.90 Å². The van der Waals surface area contributed by atoms with E-state index in [0.29, 0.717) is 0 Å². The smallest absolute Gasteiger partial charge is 1.00 e. The predicted octanol–water partition coefficient (Wildman–Crippen LogP) is -1.98. The van der Waals surface area contributed by atoms with E-state index in [0.717, 1.165) is 0 Å². The Hall–Kier alpha value is 0.757. The normalized spacial score (nSPS) is 12.5. The van der Waals surface area contributed by atoms with E-state index in [1.807, 2.05) is 0 Å². The zero-order valence-corrected chi connectivity index (χ0v) is 8.33. The van der Waals surface area contributed by atoms with Gasteiger partial charge in [-0.3, -0.25) is 14.1 Å². The first-order chi connectivity index (χ1) is 2.45. The van der Waals surface area contributed by atoms with E-state index in [4.69, 9.17) is 0 Å². The Morgan fingerprint density at radius 3 is 0.692 bits per heavy atom. The molecule has 0 fully saturated rings. The van der Waals surface area contributed by atoms with Gasteiger partial charge >= 0.3 is 53.3 Å². The molecule has 0 spiro atoms. The first-order valence-corrected chi connectivity index (χ1v) is 3.04. The molecule has 0 N–H and O–H groups in total. The molecule has 0 saturated carbocycles. The van der Waals surface area contributed by atoms with Gasteiger partial charge in [-0.05, 0) is 0 Å². The molecule has 0 radical (unpaired) electrons. The molecule has 0 amide bonds. The molecule has 88 valence electrons. The number of halogens is 10. The second-order valence-electron chi connectivity index (χ2n) is 0.958. The summed E-state index contributed by atoms with van der Waals surface area (Å²) in [7, 11) is -10.7. The summed E-state index contributed by atoms with van der Waals surface area (Å²) in [4.78, 5) is 0. The van der Waals surface area contributed by atoms with Gasteiger partial charge in [-0.25, -0.2) is 0 Å². The zero-order valence-electron chi connectivity index (χ0n) is 7.02. The van der Waals surface area contributed by atoms with Crippen molar-refractivity contribution in [1.29, 1.82) is 0 Å². The molecule has 0 saturated heterocycles. The zero-order chi connectivity index (χ0) is 6.41. The van der Waals surface area contributed by atoms with Crippen LogP contribution in [0.5, 0.6) is 0 Å². The SMILES string of the molecule is F.F.F.F[P-](F)(F)(F)(F)F.P.[F-].[H+].[Li+]. The van der Waals surface area contributed by atoms with Gasteiger partial charge in [0.05, 0.1) is 0 Å². The molecule has 0 aromatic carbocycles. The van der Waals surface area contributed by atoms with Crippen molar-refractivity contribution in [2.45, 2.75) is 0 Å². The Balaban J connectivity index is -0.00000000857. The average molecular weight is 266 g/mol. The van der Waals surface area contributed by atoms with E-state index in [9.17, 15) is 25.2 Å². The maximum atomic E-state index is 9.87. The fourth-order valence-electron chi connectivity index (χ4n) is 0. The van der Waals surface area contributed by atoms with Crippen molar-refractivity contribution < 1.29 is 64.3 Å². The fraction of sp³-hybridized carbons (Fsp3) is 0. The molecular weight excluding hydrogens is 259 g/mol. The summed E-state index contributed by atoms with van der Waals surface area (Å²) in [6.45, 7) is 0. The standard InChI is InChI=1S/F6P.4FH.Li.H3P/c1-7(2,3,4,5)6;;;;;;/h;4*1H;;1H3/q-1;;;;;+1;. The molecule has 0 aromatic heterocycles. The Morgan fingerprint density at radius 2 is 0.692 bits per heavy atom. The molecule has 13 heavy (non-hydrogen) atoms. The number of hydrogen-bond acceptors (Lipinski definition) is 0. The summed E-state index contributed by atoms with van der Waals surface area (Å²) in [5, 5.41) is 0. The molecule has 0 aliphatic rings. The largest absolute Gasteiger partial charge is 1.00 e. The molecule has 0 rings (SSSR count). The van der Waals surface area contributed by atoms with Crippen molar-refractivity contribution in [2.75, 3.05) is 0 Å². The summed E-state index contributed by atoms with van der Waals surface area (Å²) >= 11 is 0. The van der Waals surface area contributed by atoms with E-state index >= 15 is 0 Å². The molecule has 0 nitrogen and oxygen atoms in total. The van der Waals surface area contributed by atoms with Crippen LogP contribution in [0.2, 0.25) is 0 Å². The van der Waals surface area contributed by atoms with Gasteiger partial charge in [0, 0.05) is 0 Å². The van der Waals surface area contributed by atoms with Crippen molar-refractivity contribution >= 4 is 17.7 Å². The Labute approximate surface area is 82.8 Å². The second kappa shape index (κ2) is 7.10. The minimum absolute atomic E-state index is 0. The number of rotatable bonds is 0. The molecule has 0 aliphatic heterocycles. The van der Waals surface area contributed by atoms with E-state index < -0.39 is 7.81 Å². The fourth-order valence-corrected chi connectivity index (χ4v) is 0. The van der Waals surface area contributed by atoms with Gasteiger partial charge in [0.1, 0.15) is 0 Å². The van der Waals surface area contributed by atoms with Crippen molar-refractivity contribution in [2.24, 2.45) is 0 Å². The third-order valence-corrected chi connectivity index (χ3v) is 0. The van der Waals surface area contributed by atoms with Gasteiger partial charge < -0.3 is 4.70 Å². The molecule has 0 heterocycles. The summed E-state index contributed by atoms with van der Waals surface area (Å²) in [5.74, 6) is 0. The summed E-state index contributed by atoms with van der Waals surface area (Å²) in [6, 6.07) is 0. The van der Waals surface area contributed by atoms with Gasteiger partial charge in [-0.1, -0.05) is 0 Å². The van der Waals surface area contributed by atoms with Crippen LogP contribution in [0.4, 0.5) is 39.3 Å². The van der Waals surface area contributed by atoms with Crippen LogP contribution >= 0.6 is 17.7 Å². The summed E-state index contributed by atoms with van der Waals surface area (Å²) in [6.07, 6.45) is 0. The number of hydrogen-bond donors (Lipinski definition) is 0. The first kappa shape index (κ1) is 49.0. The quantitative estimate of drug-likeness (QED) is 0.271. The molecular formula is H7F10LiP2.